The Morgan fingerprint density at radius 2 is 1.76 bits per heavy atom. The van der Waals surface area contributed by atoms with Crippen LogP contribution in [0.2, 0.25) is 0 Å². The van der Waals surface area contributed by atoms with E-state index in [2.05, 4.69) is 0 Å². The first-order valence-electron chi connectivity index (χ1n) is 10.8. The molecule has 0 radical (unpaired) electrons. The van der Waals surface area contributed by atoms with Gasteiger partial charge in [-0.2, -0.15) is 0 Å². The van der Waals surface area contributed by atoms with Crippen LogP contribution in [0.1, 0.15) is 34.3 Å². The first-order valence-corrected chi connectivity index (χ1v) is 10.8. The maximum atomic E-state index is 14.3. The van der Waals surface area contributed by atoms with Crippen molar-refractivity contribution >= 4 is 12.0 Å². The molecule has 1 aliphatic rings. The molecule has 0 bridgehead atoms. The third-order valence-corrected chi connectivity index (χ3v) is 6.08. The Hall–Kier alpha value is -3.71. The number of ether oxygens (including phenoxy) is 2. The van der Waals surface area contributed by atoms with Crippen LogP contribution in [0.4, 0.5) is 8.78 Å². The third kappa shape index (κ3) is 4.52. The lowest BCUT2D eigenvalue weighted by Gasteiger charge is -2.40. The SMILES string of the molecule is COc1cc2c(cc1OC)C(/C=C/c1cccc(F)c1F)N(C(C(=O)O)c1ccccc1)CC2. The van der Waals surface area contributed by atoms with Gasteiger partial charge < -0.3 is 14.6 Å². The fourth-order valence-corrected chi connectivity index (χ4v) is 4.46. The molecule has 1 aliphatic heterocycles. The van der Waals surface area contributed by atoms with E-state index in [4.69, 9.17) is 9.47 Å². The van der Waals surface area contributed by atoms with Crippen LogP contribution in [0.15, 0.2) is 66.7 Å². The number of rotatable bonds is 7. The molecule has 1 N–H and O–H groups in total. The smallest absolute Gasteiger partial charge is 0.325 e. The number of carbonyl (C=O) groups is 1. The van der Waals surface area contributed by atoms with E-state index in [1.165, 1.54) is 25.3 Å². The van der Waals surface area contributed by atoms with Gasteiger partial charge in [-0.25, -0.2) is 8.78 Å². The Balaban J connectivity index is 1.85. The van der Waals surface area contributed by atoms with E-state index < -0.39 is 29.7 Å². The number of aliphatic carboxylic acids is 1. The van der Waals surface area contributed by atoms with E-state index in [0.29, 0.717) is 30.0 Å². The molecule has 34 heavy (non-hydrogen) atoms. The molecule has 2 unspecified atom stereocenters. The summed E-state index contributed by atoms with van der Waals surface area (Å²) < 4.78 is 39.0. The zero-order valence-electron chi connectivity index (χ0n) is 18.9. The Kier molecular flexibility index (Phi) is 6.93. The molecule has 2 atom stereocenters. The molecule has 0 spiro atoms. The van der Waals surface area contributed by atoms with Gasteiger partial charge in [0.2, 0.25) is 0 Å². The third-order valence-electron chi connectivity index (χ3n) is 6.08. The second-order valence-electron chi connectivity index (χ2n) is 7.99. The minimum absolute atomic E-state index is 0.0825. The van der Waals surface area contributed by atoms with E-state index in [-0.39, 0.29) is 5.56 Å². The summed E-state index contributed by atoms with van der Waals surface area (Å²) in [6.45, 7) is 0.439. The van der Waals surface area contributed by atoms with Gasteiger partial charge in [0, 0.05) is 12.1 Å². The fraction of sp³-hybridized carbons (Fsp3) is 0.222. The fourth-order valence-electron chi connectivity index (χ4n) is 4.46. The molecular formula is C27H25F2NO4. The molecule has 0 aliphatic carbocycles. The zero-order valence-corrected chi connectivity index (χ0v) is 18.9. The molecule has 176 valence electrons. The molecule has 1 heterocycles. The molecule has 3 aromatic rings. The molecule has 4 rings (SSSR count). The molecule has 0 saturated carbocycles. The Morgan fingerprint density at radius 1 is 1.06 bits per heavy atom. The number of carboxylic acids is 1. The van der Waals surface area contributed by atoms with Crippen molar-refractivity contribution in [2.75, 3.05) is 20.8 Å². The van der Waals surface area contributed by atoms with Crippen molar-refractivity contribution in [1.82, 2.24) is 4.90 Å². The van der Waals surface area contributed by atoms with Gasteiger partial charge in [0.05, 0.1) is 20.3 Å². The van der Waals surface area contributed by atoms with Crippen molar-refractivity contribution in [2.45, 2.75) is 18.5 Å². The van der Waals surface area contributed by atoms with Crippen LogP contribution in [0.25, 0.3) is 6.08 Å². The van der Waals surface area contributed by atoms with Crippen LogP contribution in [-0.2, 0) is 11.2 Å². The van der Waals surface area contributed by atoms with E-state index in [1.807, 2.05) is 23.1 Å². The van der Waals surface area contributed by atoms with E-state index in [0.717, 1.165) is 17.2 Å². The molecule has 5 nitrogen and oxygen atoms in total. The monoisotopic (exact) mass is 465 g/mol. The Labute approximate surface area is 196 Å². The molecule has 0 amide bonds. The van der Waals surface area contributed by atoms with Crippen molar-refractivity contribution < 1.29 is 28.2 Å². The molecule has 0 fully saturated rings. The molecule has 0 saturated heterocycles. The number of fused-ring (bicyclic) bond motifs is 1. The maximum Gasteiger partial charge on any atom is 0.325 e. The first kappa shape index (κ1) is 23.4. The second kappa shape index (κ2) is 10.1. The predicted octanol–water partition coefficient (Wildman–Crippen LogP) is 5.42. The highest BCUT2D eigenvalue weighted by Crippen LogP contribution is 2.42. The number of nitrogens with zero attached hydrogens (tertiary/aromatic N) is 1. The van der Waals surface area contributed by atoms with Gasteiger partial charge in [-0.3, -0.25) is 9.69 Å². The Bertz CT molecular complexity index is 1210. The van der Waals surface area contributed by atoms with Crippen LogP contribution in [0.5, 0.6) is 11.5 Å². The van der Waals surface area contributed by atoms with Gasteiger partial charge in [-0.05, 0) is 41.3 Å². The van der Waals surface area contributed by atoms with E-state index in [1.54, 1.807) is 37.5 Å². The summed E-state index contributed by atoms with van der Waals surface area (Å²) in [7, 11) is 3.08. The van der Waals surface area contributed by atoms with E-state index in [9.17, 15) is 18.7 Å². The average molecular weight is 465 g/mol. The highest BCUT2D eigenvalue weighted by Gasteiger charge is 2.36. The van der Waals surface area contributed by atoms with Gasteiger partial charge in [0.25, 0.3) is 0 Å². The Morgan fingerprint density at radius 3 is 2.44 bits per heavy atom. The van der Waals surface area contributed by atoms with Crippen LogP contribution in [0.3, 0.4) is 0 Å². The number of hydrogen-bond donors (Lipinski definition) is 1. The quantitative estimate of drug-likeness (QED) is 0.505. The number of benzene rings is 3. The lowest BCUT2D eigenvalue weighted by atomic mass is 9.88. The van der Waals surface area contributed by atoms with Crippen LogP contribution < -0.4 is 9.47 Å². The number of hydrogen-bond acceptors (Lipinski definition) is 4. The average Bonchev–Trinajstić information content (AvgIpc) is 2.85. The van der Waals surface area contributed by atoms with Crippen molar-refractivity contribution in [2.24, 2.45) is 0 Å². The van der Waals surface area contributed by atoms with Crippen molar-refractivity contribution in [3.05, 3.63) is 101 Å². The molecule has 7 heteroatoms. The lowest BCUT2D eigenvalue weighted by Crippen LogP contribution is -2.41. The summed E-state index contributed by atoms with van der Waals surface area (Å²) in [5, 5.41) is 10.2. The highest BCUT2D eigenvalue weighted by molar-refractivity contribution is 5.76. The highest BCUT2D eigenvalue weighted by atomic mass is 19.2. The summed E-state index contributed by atoms with van der Waals surface area (Å²) in [5.74, 6) is -1.81. The molecule has 0 aromatic heterocycles. The summed E-state index contributed by atoms with van der Waals surface area (Å²) in [5.41, 5.74) is 2.51. The first-order chi connectivity index (χ1) is 16.4. The molecule has 3 aromatic carbocycles. The minimum Gasteiger partial charge on any atom is -0.493 e. The van der Waals surface area contributed by atoms with Crippen molar-refractivity contribution in [3.8, 4) is 11.5 Å². The summed E-state index contributed by atoms with van der Waals surface area (Å²) in [4.78, 5) is 14.3. The second-order valence-corrected chi connectivity index (χ2v) is 7.99. The van der Waals surface area contributed by atoms with Crippen LogP contribution in [0, 0.1) is 11.6 Å². The zero-order chi connectivity index (χ0) is 24.2. The van der Waals surface area contributed by atoms with Gasteiger partial charge in [-0.1, -0.05) is 54.6 Å². The van der Waals surface area contributed by atoms with Crippen molar-refractivity contribution in [1.29, 1.82) is 0 Å². The molecular weight excluding hydrogens is 440 g/mol. The van der Waals surface area contributed by atoms with E-state index >= 15 is 0 Å². The minimum atomic E-state index is -0.995. The normalized spacial score (nSPS) is 16.8. The summed E-state index contributed by atoms with van der Waals surface area (Å²) >= 11 is 0. The van der Waals surface area contributed by atoms with Gasteiger partial charge in [0.15, 0.2) is 23.1 Å². The topological polar surface area (TPSA) is 59.0 Å². The largest absolute Gasteiger partial charge is 0.493 e. The number of methoxy groups -OCH3 is 2. The van der Waals surface area contributed by atoms with Gasteiger partial charge in [-0.15, -0.1) is 0 Å². The van der Waals surface area contributed by atoms with Crippen LogP contribution in [-0.4, -0.2) is 36.7 Å². The number of carboxylic acid groups (broad SMARTS) is 1. The summed E-state index contributed by atoms with van der Waals surface area (Å²) in [6, 6.07) is 15.2. The lowest BCUT2D eigenvalue weighted by molar-refractivity contribution is -0.144. The predicted molar refractivity (Wildman–Crippen MR) is 125 cm³/mol. The number of halogens is 2. The van der Waals surface area contributed by atoms with Crippen molar-refractivity contribution in [3.63, 3.8) is 0 Å². The summed E-state index contributed by atoms with van der Waals surface area (Å²) in [6.07, 6.45) is 3.79. The van der Waals surface area contributed by atoms with Gasteiger partial charge in [0.1, 0.15) is 6.04 Å². The van der Waals surface area contributed by atoms with Crippen LogP contribution >= 0.6 is 0 Å². The standard InChI is InChI=1S/C27H25F2NO4/c1-33-23-15-19-13-14-30(26(27(31)32)18-7-4-3-5-8-18)22(20(19)16-24(23)34-2)12-11-17-9-6-10-21(28)25(17)29/h3-12,15-16,22,26H,13-14H2,1-2H3,(H,31,32)/b12-11+. The van der Waals surface area contributed by atoms with Gasteiger partial charge >= 0.3 is 5.97 Å². The maximum absolute atomic E-state index is 14.3.